The number of benzene rings is 1. The molecule has 118 valence electrons. The third kappa shape index (κ3) is 4.83. The van der Waals surface area contributed by atoms with Gasteiger partial charge >= 0.3 is 5.97 Å². The number of carbonyl (C=O) groups excluding carboxylic acids is 1. The van der Waals surface area contributed by atoms with Gasteiger partial charge in [-0.05, 0) is 18.5 Å². The second-order valence-electron chi connectivity index (χ2n) is 5.05. The molecule has 1 aromatic carbocycles. The quantitative estimate of drug-likeness (QED) is 0.532. The minimum Gasteiger partial charge on any atom is -0.467 e. The van der Waals surface area contributed by atoms with Crippen molar-refractivity contribution in [2.75, 3.05) is 26.9 Å². The first-order chi connectivity index (χ1) is 10.2. The molecule has 4 nitrogen and oxygen atoms in total. The number of esters is 1. The lowest BCUT2D eigenvalue weighted by Crippen LogP contribution is -2.53. The van der Waals surface area contributed by atoms with Gasteiger partial charge < -0.3 is 9.47 Å². The van der Waals surface area contributed by atoms with Gasteiger partial charge in [-0.25, -0.2) is 4.79 Å². The Kier molecular flexibility index (Phi) is 8.01. The van der Waals surface area contributed by atoms with E-state index >= 15 is 0 Å². The first-order valence-corrected chi connectivity index (χ1v) is 7.68. The topological polar surface area (TPSA) is 47.6 Å². The van der Waals surface area contributed by atoms with Gasteiger partial charge in [0.25, 0.3) is 0 Å². The Morgan fingerprint density at radius 3 is 2.48 bits per heavy atom. The number of unbranched alkanes of at least 4 members (excludes halogenated alkanes) is 2. The maximum absolute atomic E-state index is 12.4. The molecule has 0 heterocycles. The molecule has 0 radical (unpaired) electrons. The number of ether oxygens (including phenoxy) is 2. The average Bonchev–Trinajstić information content (AvgIpc) is 2.53. The summed E-state index contributed by atoms with van der Waals surface area (Å²) in [5.74, 6) is -0.314. The smallest absolute Gasteiger partial charge is 0.333 e. The summed E-state index contributed by atoms with van der Waals surface area (Å²) in [4.78, 5) is 12.4. The minimum atomic E-state index is -0.934. The van der Waals surface area contributed by atoms with Gasteiger partial charge in [0.2, 0.25) is 0 Å². The van der Waals surface area contributed by atoms with E-state index in [0.29, 0.717) is 13.2 Å². The first kappa shape index (κ1) is 17.7. The minimum absolute atomic E-state index is 0.279. The van der Waals surface area contributed by atoms with Crippen molar-refractivity contribution in [2.24, 2.45) is 0 Å². The molecular weight excluding hydrogens is 266 g/mol. The van der Waals surface area contributed by atoms with Crippen LogP contribution in [0.15, 0.2) is 30.3 Å². The Bertz CT molecular complexity index is 408. The zero-order chi connectivity index (χ0) is 15.6. The van der Waals surface area contributed by atoms with E-state index < -0.39 is 5.54 Å². The Labute approximate surface area is 127 Å². The number of nitrogens with one attached hydrogen (secondary N) is 1. The molecule has 0 fully saturated rings. The standard InChI is InChI=1S/C17H27NO3/c1-4-6-10-13-21-14-17(18-5-2,16(19)20-3)15-11-8-7-9-12-15/h7-9,11-12,18H,4-6,10,13-14H2,1-3H3. The highest BCUT2D eigenvalue weighted by atomic mass is 16.5. The van der Waals surface area contributed by atoms with Crippen molar-refractivity contribution in [2.45, 2.75) is 38.6 Å². The third-order valence-corrected chi connectivity index (χ3v) is 3.49. The molecule has 0 aliphatic carbocycles. The summed E-state index contributed by atoms with van der Waals surface area (Å²) in [5, 5.41) is 3.25. The van der Waals surface area contributed by atoms with Gasteiger partial charge in [0, 0.05) is 6.61 Å². The summed E-state index contributed by atoms with van der Waals surface area (Å²) in [5.41, 5.74) is -0.0639. The monoisotopic (exact) mass is 293 g/mol. The summed E-state index contributed by atoms with van der Waals surface area (Å²) in [6, 6.07) is 9.62. The van der Waals surface area contributed by atoms with Crippen LogP contribution < -0.4 is 5.32 Å². The molecule has 0 aliphatic rings. The van der Waals surface area contributed by atoms with Crippen LogP contribution in [-0.4, -0.2) is 32.8 Å². The predicted molar refractivity (Wildman–Crippen MR) is 84.2 cm³/mol. The van der Waals surface area contributed by atoms with E-state index in [1.54, 1.807) is 0 Å². The van der Waals surface area contributed by atoms with Crippen molar-refractivity contribution in [3.63, 3.8) is 0 Å². The fraction of sp³-hybridized carbons (Fsp3) is 0.588. The summed E-state index contributed by atoms with van der Waals surface area (Å²) in [7, 11) is 1.41. The van der Waals surface area contributed by atoms with Gasteiger partial charge in [-0.2, -0.15) is 0 Å². The van der Waals surface area contributed by atoms with Gasteiger partial charge in [0.1, 0.15) is 0 Å². The molecule has 21 heavy (non-hydrogen) atoms. The molecule has 0 aliphatic heterocycles. The molecular formula is C17H27NO3. The molecule has 1 atom stereocenters. The van der Waals surface area contributed by atoms with Gasteiger partial charge in [-0.1, -0.05) is 57.0 Å². The molecule has 0 saturated carbocycles. The Balaban J connectivity index is 2.89. The highest BCUT2D eigenvalue weighted by molar-refractivity contribution is 5.82. The number of methoxy groups -OCH3 is 1. The van der Waals surface area contributed by atoms with Crippen molar-refractivity contribution in [1.82, 2.24) is 5.32 Å². The first-order valence-electron chi connectivity index (χ1n) is 7.68. The highest BCUT2D eigenvalue weighted by Crippen LogP contribution is 2.23. The summed E-state index contributed by atoms with van der Waals surface area (Å²) in [6.07, 6.45) is 3.30. The van der Waals surface area contributed by atoms with Crippen molar-refractivity contribution in [3.8, 4) is 0 Å². The van der Waals surface area contributed by atoms with Crippen molar-refractivity contribution < 1.29 is 14.3 Å². The van der Waals surface area contributed by atoms with Gasteiger partial charge in [0.05, 0.1) is 13.7 Å². The fourth-order valence-corrected chi connectivity index (χ4v) is 2.36. The number of hydrogen-bond acceptors (Lipinski definition) is 4. The van der Waals surface area contributed by atoms with Crippen LogP contribution in [0, 0.1) is 0 Å². The number of rotatable bonds is 10. The molecule has 0 bridgehead atoms. The number of carbonyl (C=O) groups is 1. The van der Waals surface area contributed by atoms with E-state index in [9.17, 15) is 4.79 Å². The molecule has 1 N–H and O–H groups in total. The van der Waals surface area contributed by atoms with Crippen LogP contribution in [-0.2, 0) is 19.8 Å². The second-order valence-corrected chi connectivity index (χ2v) is 5.05. The maximum atomic E-state index is 12.4. The van der Waals surface area contributed by atoms with Crippen LogP contribution in [0.2, 0.25) is 0 Å². The lowest BCUT2D eigenvalue weighted by molar-refractivity contribution is -0.152. The lowest BCUT2D eigenvalue weighted by Gasteiger charge is -2.32. The van der Waals surface area contributed by atoms with Crippen LogP contribution in [0.4, 0.5) is 0 Å². The third-order valence-electron chi connectivity index (χ3n) is 3.49. The largest absolute Gasteiger partial charge is 0.467 e. The predicted octanol–water partition coefficient (Wildman–Crippen LogP) is 2.87. The van der Waals surface area contributed by atoms with Crippen LogP contribution in [0.1, 0.15) is 38.7 Å². The van der Waals surface area contributed by atoms with E-state index in [1.165, 1.54) is 7.11 Å². The summed E-state index contributed by atoms with van der Waals surface area (Å²) < 4.78 is 10.8. The van der Waals surface area contributed by atoms with E-state index in [-0.39, 0.29) is 12.6 Å². The van der Waals surface area contributed by atoms with E-state index in [1.807, 2.05) is 37.3 Å². The van der Waals surface area contributed by atoms with Crippen LogP contribution in [0.5, 0.6) is 0 Å². The molecule has 1 rings (SSSR count). The molecule has 0 spiro atoms. The van der Waals surface area contributed by atoms with Crippen LogP contribution in [0.3, 0.4) is 0 Å². The Morgan fingerprint density at radius 1 is 1.19 bits per heavy atom. The molecule has 0 amide bonds. The van der Waals surface area contributed by atoms with Gasteiger partial charge in [0.15, 0.2) is 5.54 Å². The van der Waals surface area contributed by atoms with Crippen LogP contribution >= 0.6 is 0 Å². The van der Waals surface area contributed by atoms with E-state index in [4.69, 9.17) is 9.47 Å². The summed E-state index contributed by atoms with van der Waals surface area (Å²) >= 11 is 0. The van der Waals surface area contributed by atoms with Crippen molar-refractivity contribution >= 4 is 5.97 Å². The molecule has 1 aromatic rings. The number of hydrogen-bond donors (Lipinski definition) is 1. The van der Waals surface area contributed by atoms with Crippen molar-refractivity contribution in [3.05, 3.63) is 35.9 Å². The summed E-state index contributed by atoms with van der Waals surface area (Å²) in [6.45, 7) is 5.72. The van der Waals surface area contributed by atoms with Gasteiger partial charge in [-0.3, -0.25) is 5.32 Å². The van der Waals surface area contributed by atoms with Gasteiger partial charge in [-0.15, -0.1) is 0 Å². The Morgan fingerprint density at radius 2 is 1.90 bits per heavy atom. The molecule has 1 unspecified atom stereocenters. The van der Waals surface area contributed by atoms with E-state index in [2.05, 4.69) is 12.2 Å². The Hall–Kier alpha value is -1.39. The van der Waals surface area contributed by atoms with Crippen molar-refractivity contribution in [1.29, 1.82) is 0 Å². The average molecular weight is 293 g/mol. The molecule has 0 saturated heterocycles. The fourth-order valence-electron chi connectivity index (χ4n) is 2.36. The van der Waals surface area contributed by atoms with Crippen LogP contribution in [0.25, 0.3) is 0 Å². The zero-order valence-electron chi connectivity index (χ0n) is 13.4. The normalized spacial score (nSPS) is 13.7. The molecule has 0 aromatic heterocycles. The second kappa shape index (κ2) is 9.53. The zero-order valence-corrected chi connectivity index (χ0v) is 13.4. The molecule has 4 heteroatoms. The highest BCUT2D eigenvalue weighted by Gasteiger charge is 2.41. The SMILES string of the molecule is CCCCCOCC(NCC)(C(=O)OC)c1ccccc1. The number of likely N-dealkylation sites (N-methyl/N-ethyl adjacent to an activating group) is 1. The van der Waals surface area contributed by atoms with E-state index in [0.717, 1.165) is 24.8 Å². The maximum Gasteiger partial charge on any atom is 0.333 e. The lowest BCUT2D eigenvalue weighted by atomic mass is 9.90.